The zero-order valence-electron chi connectivity index (χ0n) is 12.6. The van der Waals surface area contributed by atoms with Crippen LogP contribution in [0.1, 0.15) is 32.6 Å². The molecule has 4 heteroatoms. The summed E-state index contributed by atoms with van der Waals surface area (Å²) >= 11 is 3.50. The van der Waals surface area contributed by atoms with Gasteiger partial charge in [0.25, 0.3) is 0 Å². The van der Waals surface area contributed by atoms with E-state index in [1.54, 1.807) is 19.2 Å². The van der Waals surface area contributed by atoms with Crippen molar-refractivity contribution in [3.8, 4) is 5.75 Å². The molecule has 0 radical (unpaired) electrons. The van der Waals surface area contributed by atoms with E-state index in [-0.39, 0.29) is 5.78 Å². The molecule has 2 N–H and O–H groups in total. The summed E-state index contributed by atoms with van der Waals surface area (Å²) in [5, 5.41) is 0. The molecule has 0 aliphatic rings. The van der Waals surface area contributed by atoms with Gasteiger partial charge < -0.3 is 10.5 Å². The minimum absolute atomic E-state index is 0.0708. The highest BCUT2D eigenvalue weighted by Gasteiger charge is 2.22. The van der Waals surface area contributed by atoms with Crippen molar-refractivity contribution in [2.45, 2.75) is 20.8 Å². The lowest BCUT2D eigenvalue weighted by Gasteiger charge is -2.16. The zero-order chi connectivity index (χ0) is 15.7. The second-order valence-electron chi connectivity index (χ2n) is 5.11. The number of rotatable bonds is 3. The molecule has 0 spiro atoms. The lowest BCUT2D eigenvalue weighted by atomic mass is 9.93. The number of halogens is 1. The summed E-state index contributed by atoms with van der Waals surface area (Å²) in [7, 11) is 1.58. The predicted octanol–water partition coefficient (Wildman–Crippen LogP) is 4.20. The molecule has 2 aromatic rings. The van der Waals surface area contributed by atoms with E-state index < -0.39 is 0 Å². The molecule has 110 valence electrons. The summed E-state index contributed by atoms with van der Waals surface area (Å²) in [4.78, 5) is 13.0. The third-order valence-corrected chi connectivity index (χ3v) is 4.42. The molecule has 2 rings (SSSR count). The zero-order valence-corrected chi connectivity index (χ0v) is 14.2. The Kier molecular flexibility index (Phi) is 4.37. The van der Waals surface area contributed by atoms with Crippen LogP contribution in [0, 0.1) is 20.8 Å². The second-order valence-corrected chi connectivity index (χ2v) is 5.97. The standard InChI is InChI=1S/C17H18BrNO2/c1-9-5-6-12(19)8-13(9)16(20)15-11(3)14(18)7-10(2)17(15)21-4/h5-8H,19H2,1-4H3. The number of aryl methyl sites for hydroxylation is 2. The van der Waals surface area contributed by atoms with E-state index in [1.807, 2.05) is 32.9 Å². The van der Waals surface area contributed by atoms with E-state index >= 15 is 0 Å². The second kappa shape index (κ2) is 5.90. The molecule has 0 bridgehead atoms. The lowest BCUT2D eigenvalue weighted by Crippen LogP contribution is -2.10. The molecular weight excluding hydrogens is 330 g/mol. The Balaban J connectivity index is 2.71. The largest absolute Gasteiger partial charge is 0.496 e. The summed E-state index contributed by atoms with van der Waals surface area (Å²) in [6, 6.07) is 7.32. The highest BCUT2D eigenvalue weighted by Crippen LogP contribution is 2.34. The van der Waals surface area contributed by atoms with Crippen LogP contribution in [0.25, 0.3) is 0 Å². The predicted molar refractivity (Wildman–Crippen MR) is 89.2 cm³/mol. The quantitative estimate of drug-likeness (QED) is 0.668. The maximum Gasteiger partial charge on any atom is 0.197 e. The van der Waals surface area contributed by atoms with Gasteiger partial charge in [-0.2, -0.15) is 0 Å². The summed E-state index contributed by atoms with van der Waals surface area (Å²) in [6.07, 6.45) is 0. The molecule has 2 aromatic carbocycles. The van der Waals surface area contributed by atoms with Crippen LogP contribution in [0.15, 0.2) is 28.7 Å². The molecule has 0 aromatic heterocycles. The van der Waals surface area contributed by atoms with E-state index in [0.29, 0.717) is 22.6 Å². The topological polar surface area (TPSA) is 52.3 Å². The number of benzene rings is 2. The first-order valence-electron chi connectivity index (χ1n) is 6.61. The third-order valence-electron chi connectivity index (χ3n) is 3.60. The highest BCUT2D eigenvalue weighted by molar-refractivity contribution is 9.10. The molecule has 0 unspecified atom stereocenters. The maximum absolute atomic E-state index is 13.0. The Morgan fingerprint density at radius 3 is 2.43 bits per heavy atom. The number of ether oxygens (including phenoxy) is 1. The van der Waals surface area contributed by atoms with Gasteiger partial charge in [-0.25, -0.2) is 0 Å². The van der Waals surface area contributed by atoms with Gasteiger partial charge in [-0.3, -0.25) is 4.79 Å². The van der Waals surface area contributed by atoms with Crippen LogP contribution in [0.5, 0.6) is 5.75 Å². The van der Waals surface area contributed by atoms with Crippen LogP contribution in [-0.2, 0) is 0 Å². The molecule has 0 aliphatic carbocycles. The Labute approximate surface area is 133 Å². The van der Waals surface area contributed by atoms with Gasteiger partial charge in [-0.1, -0.05) is 22.0 Å². The number of nitrogens with two attached hydrogens (primary N) is 1. The minimum Gasteiger partial charge on any atom is -0.496 e. The molecule has 0 aliphatic heterocycles. The number of hydrogen-bond donors (Lipinski definition) is 1. The van der Waals surface area contributed by atoms with Crippen molar-refractivity contribution in [1.29, 1.82) is 0 Å². The van der Waals surface area contributed by atoms with Gasteiger partial charge in [-0.05, 0) is 55.7 Å². The molecular formula is C17H18BrNO2. The van der Waals surface area contributed by atoms with Crippen molar-refractivity contribution >= 4 is 27.4 Å². The van der Waals surface area contributed by atoms with Gasteiger partial charge in [0.05, 0.1) is 12.7 Å². The van der Waals surface area contributed by atoms with Crippen molar-refractivity contribution < 1.29 is 9.53 Å². The Morgan fingerprint density at radius 1 is 1.14 bits per heavy atom. The summed E-state index contributed by atoms with van der Waals surface area (Å²) in [5.74, 6) is 0.543. The third kappa shape index (κ3) is 2.81. The fourth-order valence-corrected chi connectivity index (χ4v) is 2.95. The van der Waals surface area contributed by atoms with Crippen LogP contribution >= 0.6 is 15.9 Å². The molecule has 0 amide bonds. The average Bonchev–Trinajstić information content (AvgIpc) is 2.44. The van der Waals surface area contributed by atoms with Crippen LogP contribution in [0.2, 0.25) is 0 Å². The van der Waals surface area contributed by atoms with Crippen molar-refractivity contribution in [3.05, 3.63) is 56.6 Å². The van der Waals surface area contributed by atoms with Gasteiger partial charge in [0.1, 0.15) is 5.75 Å². The van der Waals surface area contributed by atoms with Crippen LogP contribution in [0.4, 0.5) is 5.69 Å². The number of methoxy groups -OCH3 is 1. The number of hydrogen-bond acceptors (Lipinski definition) is 3. The summed E-state index contributed by atoms with van der Waals surface area (Å²) in [6.45, 7) is 5.73. The Bertz CT molecular complexity index is 723. The van der Waals surface area contributed by atoms with E-state index in [4.69, 9.17) is 10.5 Å². The lowest BCUT2D eigenvalue weighted by molar-refractivity contribution is 0.103. The first kappa shape index (κ1) is 15.6. The van der Waals surface area contributed by atoms with Gasteiger partial charge in [0.15, 0.2) is 5.78 Å². The van der Waals surface area contributed by atoms with Crippen LogP contribution in [0.3, 0.4) is 0 Å². The number of carbonyl (C=O) groups is 1. The maximum atomic E-state index is 13.0. The number of ketones is 1. The molecule has 21 heavy (non-hydrogen) atoms. The number of anilines is 1. The smallest absolute Gasteiger partial charge is 0.197 e. The molecule has 0 saturated heterocycles. The number of carbonyl (C=O) groups excluding carboxylic acids is 1. The molecule has 3 nitrogen and oxygen atoms in total. The van der Waals surface area contributed by atoms with E-state index in [2.05, 4.69) is 15.9 Å². The van der Waals surface area contributed by atoms with E-state index in [9.17, 15) is 4.79 Å². The molecule has 0 fully saturated rings. The van der Waals surface area contributed by atoms with Gasteiger partial charge in [0, 0.05) is 15.7 Å². The SMILES string of the molecule is COc1c(C)cc(Br)c(C)c1C(=O)c1cc(N)ccc1C. The van der Waals surface area contributed by atoms with Crippen molar-refractivity contribution in [2.75, 3.05) is 12.8 Å². The van der Waals surface area contributed by atoms with Crippen molar-refractivity contribution in [1.82, 2.24) is 0 Å². The Hall–Kier alpha value is -1.81. The summed E-state index contributed by atoms with van der Waals surface area (Å²) < 4.78 is 6.35. The fourth-order valence-electron chi connectivity index (χ4n) is 2.41. The van der Waals surface area contributed by atoms with Crippen molar-refractivity contribution in [3.63, 3.8) is 0 Å². The van der Waals surface area contributed by atoms with Gasteiger partial charge in [0.2, 0.25) is 0 Å². The first-order valence-corrected chi connectivity index (χ1v) is 7.40. The van der Waals surface area contributed by atoms with E-state index in [0.717, 1.165) is 21.2 Å². The van der Waals surface area contributed by atoms with Gasteiger partial charge >= 0.3 is 0 Å². The van der Waals surface area contributed by atoms with Crippen LogP contribution < -0.4 is 10.5 Å². The highest BCUT2D eigenvalue weighted by atomic mass is 79.9. The number of nitrogen functional groups attached to an aromatic ring is 1. The average molecular weight is 348 g/mol. The van der Waals surface area contributed by atoms with Crippen LogP contribution in [-0.4, -0.2) is 12.9 Å². The monoisotopic (exact) mass is 347 g/mol. The first-order chi connectivity index (χ1) is 9.86. The molecule has 0 heterocycles. The summed E-state index contributed by atoms with van der Waals surface area (Å²) in [5.41, 5.74) is 10.3. The van der Waals surface area contributed by atoms with Gasteiger partial charge in [-0.15, -0.1) is 0 Å². The minimum atomic E-state index is -0.0708. The Morgan fingerprint density at radius 2 is 1.81 bits per heavy atom. The van der Waals surface area contributed by atoms with E-state index in [1.165, 1.54) is 0 Å². The molecule has 0 atom stereocenters. The fraction of sp³-hybridized carbons (Fsp3) is 0.235. The normalized spacial score (nSPS) is 10.5. The molecule has 0 saturated carbocycles. The van der Waals surface area contributed by atoms with Crippen molar-refractivity contribution in [2.24, 2.45) is 0 Å².